The molecular weight excluding hydrogens is 234 g/mol. The maximum atomic E-state index is 4.62. The molecule has 1 aromatic heterocycles. The second-order valence-electron chi connectivity index (χ2n) is 5.66. The molecule has 0 aliphatic heterocycles. The van der Waals surface area contributed by atoms with Crippen molar-refractivity contribution in [2.45, 2.75) is 45.2 Å². The third-order valence-corrected chi connectivity index (χ3v) is 3.55. The van der Waals surface area contributed by atoms with Gasteiger partial charge in [-0.15, -0.1) is 0 Å². The van der Waals surface area contributed by atoms with Gasteiger partial charge in [0.25, 0.3) is 0 Å². The Hall–Kier alpha value is -1.61. The smallest absolute Gasteiger partial charge is 0.0654 e. The molecule has 3 rings (SSSR count). The van der Waals surface area contributed by atoms with Gasteiger partial charge in [-0.05, 0) is 42.5 Å². The fraction of sp³-hybridized carbons (Fsp3) is 0.438. The van der Waals surface area contributed by atoms with Gasteiger partial charge in [0.15, 0.2) is 0 Å². The highest BCUT2D eigenvalue weighted by molar-refractivity contribution is 5.35. The van der Waals surface area contributed by atoms with E-state index in [1.165, 1.54) is 18.4 Å². The van der Waals surface area contributed by atoms with Crippen molar-refractivity contribution >= 4 is 0 Å². The number of nitrogens with one attached hydrogen (secondary N) is 1. The van der Waals surface area contributed by atoms with E-state index in [4.69, 9.17) is 0 Å². The maximum Gasteiger partial charge on any atom is 0.0654 e. The molecule has 3 heteroatoms. The van der Waals surface area contributed by atoms with Crippen LogP contribution in [0.2, 0.25) is 0 Å². The summed E-state index contributed by atoms with van der Waals surface area (Å²) in [5, 5.41) is 8.17. The second kappa shape index (κ2) is 5.17. The number of hydrogen-bond donors (Lipinski definition) is 1. The summed E-state index contributed by atoms with van der Waals surface area (Å²) in [6, 6.07) is 11.5. The molecule has 1 saturated carbocycles. The van der Waals surface area contributed by atoms with Crippen LogP contribution in [0.25, 0.3) is 5.69 Å². The molecule has 1 fully saturated rings. The molecule has 0 radical (unpaired) electrons. The highest BCUT2D eigenvalue weighted by atomic mass is 15.3. The van der Waals surface area contributed by atoms with E-state index in [1.54, 1.807) is 0 Å². The predicted octanol–water partition coefficient (Wildman–Crippen LogP) is 3.25. The van der Waals surface area contributed by atoms with Crippen molar-refractivity contribution in [2.75, 3.05) is 0 Å². The van der Waals surface area contributed by atoms with Crippen molar-refractivity contribution < 1.29 is 0 Å². The van der Waals surface area contributed by atoms with Crippen LogP contribution in [-0.4, -0.2) is 15.8 Å². The fourth-order valence-corrected chi connectivity index (χ4v) is 2.15. The van der Waals surface area contributed by atoms with Crippen molar-refractivity contribution in [1.29, 1.82) is 0 Å². The van der Waals surface area contributed by atoms with Gasteiger partial charge in [-0.25, -0.2) is 4.68 Å². The third kappa shape index (κ3) is 3.04. The van der Waals surface area contributed by atoms with Crippen molar-refractivity contribution in [2.24, 2.45) is 0 Å². The third-order valence-electron chi connectivity index (χ3n) is 3.55. The van der Waals surface area contributed by atoms with Gasteiger partial charge in [-0.3, -0.25) is 0 Å². The van der Waals surface area contributed by atoms with Gasteiger partial charge in [0.1, 0.15) is 0 Å². The van der Waals surface area contributed by atoms with E-state index in [2.05, 4.69) is 54.6 Å². The van der Waals surface area contributed by atoms with E-state index in [1.807, 2.05) is 10.9 Å². The minimum Gasteiger partial charge on any atom is -0.310 e. The Morgan fingerprint density at radius 2 is 2.16 bits per heavy atom. The average Bonchev–Trinajstić information content (AvgIpc) is 3.10. The molecular formula is C16H21N3. The summed E-state index contributed by atoms with van der Waals surface area (Å²) in [4.78, 5) is 0. The van der Waals surface area contributed by atoms with Crippen molar-refractivity contribution in [3.63, 3.8) is 0 Å². The first kappa shape index (κ1) is 12.4. The Labute approximate surface area is 114 Å². The standard InChI is InChI=1S/C16H21N3/c1-12(2)16-8-9-19(18-16)15-5-3-4-13(10-15)11-17-14-6-7-14/h3-5,8-10,12,14,17H,6-7,11H2,1-2H3. The summed E-state index contributed by atoms with van der Waals surface area (Å²) in [5.74, 6) is 0.473. The van der Waals surface area contributed by atoms with E-state index in [0.29, 0.717) is 5.92 Å². The number of aromatic nitrogens is 2. The van der Waals surface area contributed by atoms with Gasteiger partial charge in [0.2, 0.25) is 0 Å². The van der Waals surface area contributed by atoms with E-state index < -0.39 is 0 Å². The SMILES string of the molecule is CC(C)c1ccn(-c2cccc(CNC3CC3)c2)n1. The molecule has 0 unspecified atom stereocenters. The second-order valence-corrected chi connectivity index (χ2v) is 5.66. The molecule has 0 atom stereocenters. The fourth-order valence-electron chi connectivity index (χ4n) is 2.15. The largest absolute Gasteiger partial charge is 0.310 e. The van der Waals surface area contributed by atoms with Gasteiger partial charge >= 0.3 is 0 Å². The van der Waals surface area contributed by atoms with Gasteiger partial charge in [-0.1, -0.05) is 26.0 Å². The number of nitrogens with zero attached hydrogens (tertiary/aromatic N) is 2. The molecule has 1 aromatic carbocycles. The van der Waals surface area contributed by atoms with Crippen LogP contribution in [-0.2, 0) is 6.54 Å². The van der Waals surface area contributed by atoms with Crippen LogP contribution in [0.5, 0.6) is 0 Å². The zero-order valence-electron chi connectivity index (χ0n) is 11.6. The Balaban J connectivity index is 1.76. The molecule has 0 amide bonds. The van der Waals surface area contributed by atoms with Crippen LogP contribution >= 0.6 is 0 Å². The molecule has 19 heavy (non-hydrogen) atoms. The molecule has 2 aromatic rings. The van der Waals surface area contributed by atoms with E-state index in [9.17, 15) is 0 Å². The molecule has 1 heterocycles. The zero-order chi connectivity index (χ0) is 13.2. The van der Waals surface area contributed by atoms with Crippen molar-refractivity contribution in [1.82, 2.24) is 15.1 Å². The number of hydrogen-bond acceptors (Lipinski definition) is 2. The van der Waals surface area contributed by atoms with Gasteiger partial charge in [0.05, 0.1) is 11.4 Å². The molecule has 0 saturated heterocycles. The first-order valence-corrected chi connectivity index (χ1v) is 7.10. The molecule has 1 aliphatic carbocycles. The van der Waals surface area contributed by atoms with Crippen LogP contribution in [0.15, 0.2) is 36.5 Å². The Morgan fingerprint density at radius 3 is 2.84 bits per heavy atom. The minimum absolute atomic E-state index is 0.473. The Bertz CT molecular complexity index is 553. The first-order chi connectivity index (χ1) is 9.22. The summed E-state index contributed by atoms with van der Waals surface area (Å²) < 4.78 is 1.97. The van der Waals surface area contributed by atoms with Gasteiger partial charge < -0.3 is 5.32 Å². The molecule has 100 valence electrons. The van der Waals surface area contributed by atoms with Crippen LogP contribution in [0, 0.1) is 0 Å². The van der Waals surface area contributed by atoms with Crippen LogP contribution in [0.3, 0.4) is 0 Å². The molecule has 3 nitrogen and oxygen atoms in total. The predicted molar refractivity (Wildman–Crippen MR) is 77.5 cm³/mol. The molecule has 0 bridgehead atoms. The summed E-state index contributed by atoms with van der Waals surface area (Å²) in [6.07, 6.45) is 4.70. The lowest BCUT2D eigenvalue weighted by molar-refractivity contribution is 0.686. The van der Waals surface area contributed by atoms with E-state index >= 15 is 0 Å². The zero-order valence-corrected chi connectivity index (χ0v) is 11.6. The Morgan fingerprint density at radius 1 is 1.32 bits per heavy atom. The molecule has 0 spiro atoms. The van der Waals surface area contributed by atoms with Crippen molar-refractivity contribution in [3.05, 3.63) is 47.8 Å². The lowest BCUT2D eigenvalue weighted by Gasteiger charge is -2.07. The lowest BCUT2D eigenvalue weighted by atomic mass is 10.1. The van der Waals surface area contributed by atoms with Crippen molar-refractivity contribution in [3.8, 4) is 5.69 Å². The quantitative estimate of drug-likeness (QED) is 0.889. The van der Waals surface area contributed by atoms with Crippen LogP contribution in [0.4, 0.5) is 0 Å². The molecule has 1 aliphatic rings. The lowest BCUT2D eigenvalue weighted by Crippen LogP contribution is -2.15. The monoisotopic (exact) mass is 255 g/mol. The van der Waals surface area contributed by atoms with E-state index in [0.717, 1.165) is 24.0 Å². The number of benzene rings is 1. The minimum atomic E-state index is 0.473. The topological polar surface area (TPSA) is 29.9 Å². The highest BCUT2D eigenvalue weighted by Gasteiger charge is 2.19. The Kier molecular flexibility index (Phi) is 3.38. The van der Waals surface area contributed by atoms with Gasteiger partial charge in [0, 0.05) is 18.8 Å². The summed E-state index contributed by atoms with van der Waals surface area (Å²) in [5.41, 5.74) is 3.61. The number of rotatable bonds is 5. The first-order valence-electron chi connectivity index (χ1n) is 7.10. The summed E-state index contributed by atoms with van der Waals surface area (Å²) in [7, 11) is 0. The van der Waals surface area contributed by atoms with E-state index in [-0.39, 0.29) is 0 Å². The van der Waals surface area contributed by atoms with Crippen LogP contribution in [0.1, 0.15) is 43.9 Å². The normalized spacial score (nSPS) is 15.1. The maximum absolute atomic E-state index is 4.62. The molecule has 1 N–H and O–H groups in total. The summed E-state index contributed by atoms with van der Waals surface area (Å²) >= 11 is 0. The van der Waals surface area contributed by atoms with Gasteiger partial charge in [-0.2, -0.15) is 5.10 Å². The van der Waals surface area contributed by atoms with Crippen LogP contribution < -0.4 is 5.32 Å². The highest BCUT2D eigenvalue weighted by Crippen LogP contribution is 2.20. The average molecular weight is 255 g/mol. The summed E-state index contributed by atoms with van der Waals surface area (Å²) in [6.45, 7) is 5.29.